The van der Waals surface area contributed by atoms with Crippen molar-refractivity contribution < 1.29 is 18.7 Å². The monoisotopic (exact) mass is 356 g/mol. The van der Waals surface area contributed by atoms with Gasteiger partial charge in [0.1, 0.15) is 17.5 Å². The van der Waals surface area contributed by atoms with E-state index >= 15 is 0 Å². The minimum absolute atomic E-state index is 0.0120. The molecule has 7 heteroatoms. The van der Waals surface area contributed by atoms with Gasteiger partial charge in [-0.25, -0.2) is 9.18 Å². The maximum absolute atomic E-state index is 13.9. The summed E-state index contributed by atoms with van der Waals surface area (Å²) < 4.78 is 19.2. The van der Waals surface area contributed by atoms with Crippen molar-refractivity contribution in [2.45, 2.75) is 51.8 Å². The van der Waals surface area contributed by atoms with Gasteiger partial charge in [-0.3, -0.25) is 9.69 Å². The minimum Gasteiger partial charge on any atom is -0.444 e. The van der Waals surface area contributed by atoms with Crippen molar-refractivity contribution in [3.63, 3.8) is 0 Å². The summed E-state index contributed by atoms with van der Waals surface area (Å²) in [5, 5.41) is 2.68. The number of benzene rings is 1. The molecule has 0 spiro atoms. The van der Waals surface area contributed by atoms with Gasteiger partial charge in [0, 0.05) is 18.7 Å². The molecule has 1 atom stereocenters. The molecule has 0 unspecified atom stereocenters. The molecule has 132 valence electrons. The normalized spacial score (nSPS) is 17.7. The van der Waals surface area contributed by atoms with E-state index in [0.717, 1.165) is 6.42 Å². The Labute approximate surface area is 146 Å². The molecule has 1 aromatic rings. The molecule has 1 aliphatic rings. The maximum atomic E-state index is 13.9. The fraction of sp³-hybridized carbons (Fsp3) is 0.529. The van der Waals surface area contributed by atoms with Crippen molar-refractivity contribution in [1.82, 2.24) is 10.2 Å². The smallest absolute Gasteiger partial charge is 0.410 e. The first-order valence-electron chi connectivity index (χ1n) is 7.89. The molecule has 1 heterocycles. The number of nitrogens with zero attached hydrogens (tertiary/aromatic N) is 1. The number of nitrogens with one attached hydrogen (secondary N) is 1. The highest BCUT2D eigenvalue weighted by Gasteiger charge is 2.36. The van der Waals surface area contributed by atoms with Crippen LogP contribution in [-0.4, -0.2) is 35.1 Å². The van der Waals surface area contributed by atoms with Crippen LogP contribution in [0.5, 0.6) is 0 Å². The van der Waals surface area contributed by atoms with Crippen LogP contribution in [-0.2, 0) is 16.1 Å². The first-order valence-corrected chi connectivity index (χ1v) is 8.27. The SMILES string of the molecule is CC(C)(C)OC(=O)N1CCC[C@H]1C(=O)NCc1cccc(Cl)c1F. The highest BCUT2D eigenvalue weighted by Crippen LogP contribution is 2.22. The summed E-state index contributed by atoms with van der Waals surface area (Å²) in [7, 11) is 0. The molecule has 5 nitrogen and oxygen atoms in total. The average Bonchev–Trinajstić information content (AvgIpc) is 2.96. The Morgan fingerprint density at radius 2 is 2.12 bits per heavy atom. The van der Waals surface area contributed by atoms with Gasteiger partial charge in [-0.1, -0.05) is 23.7 Å². The summed E-state index contributed by atoms with van der Waals surface area (Å²) in [6.45, 7) is 5.82. The van der Waals surface area contributed by atoms with Crippen LogP contribution in [0, 0.1) is 5.82 Å². The van der Waals surface area contributed by atoms with E-state index in [-0.39, 0.29) is 17.5 Å². The van der Waals surface area contributed by atoms with Gasteiger partial charge in [0.25, 0.3) is 0 Å². The predicted octanol–water partition coefficient (Wildman–Crippen LogP) is 3.49. The largest absolute Gasteiger partial charge is 0.444 e. The van der Waals surface area contributed by atoms with Crippen LogP contribution < -0.4 is 5.32 Å². The second-order valence-electron chi connectivity index (χ2n) is 6.76. The average molecular weight is 357 g/mol. The Balaban J connectivity index is 1.98. The molecule has 0 aliphatic carbocycles. The molecule has 1 saturated heterocycles. The van der Waals surface area contributed by atoms with E-state index < -0.39 is 23.6 Å². The van der Waals surface area contributed by atoms with Crippen LogP contribution >= 0.6 is 11.6 Å². The first kappa shape index (κ1) is 18.5. The van der Waals surface area contributed by atoms with Crippen molar-refractivity contribution in [2.24, 2.45) is 0 Å². The van der Waals surface area contributed by atoms with Crippen molar-refractivity contribution >= 4 is 23.6 Å². The van der Waals surface area contributed by atoms with E-state index in [9.17, 15) is 14.0 Å². The number of hydrogen-bond acceptors (Lipinski definition) is 3. The van der Waals surface area contributed by atoms with Crippen LogP contribution in [0.15, 0.2) is 18.2 Å². The summed E-state index contributed by atoms with van der Waals surface area (Å²) in [5.41, 5.74) is -0.317. The molecule has 24 heavy (non-hydrogen) atoms. The molecule has 0 bridgehead atoms. The minimum atomic E-state index is -0.620. The zero-order valence-corrected chi connectivity index (χ0v) is 14.8. The number of amides is 2. The summed E-state index contributed by atoms with van der Waals surface area (Å²) in [5.74, 6) is -0.868. The summed E-state index contributed by atoms with van der Waals surface area (Å²) in [4.78, 5) is 26.0. The van der Waals surface area contributed by atoms with Crippen molar-refractivity contribution in [3.8, 4) is 0 Å². The van der Waals surface area contributed by atoms with Gasteiger partial charge in [0.05, 0.1) is 5.02 Å². The third kappa shape index (κ3) is 4.60. The number of ether oxygens (including phenoxy) is 1. The topological polar surface area (TPSA) is 58.6 Å². The highest BCUT2D eigenvalue weighted by atomic mass is 35.5. The van der Waals surface area contributed by atoms with Crippen LogP contribution in [0.25, 0.3) is 0 Å². The Morgan fingerprint density at radius 3 is 2.79 bits per heavy atom. The van der Waals surface area contributed by atoms with Gasteiger partial charge in [-0.2, -0.15) is 0 Å². The van der Waals surface area contributed by atoms with Gasteiger partial charge in [-0.15, -0.1) is 0 Å². The Morgan fingerprint density at radius 1 is 1.42 bits per heavy atom. The lowest BCUT2D eigenvalue weighted by Crippen LogP contribution is -2.47. The molecule has 1 aliphatic heterocycles. The molecule has 1 N–H and O–H groups in total. The van der Waals surface area contributed by atoms with Crippen LogP contribution in [0.4, 0.5) is 9.18 Å². The predicted molar refractivity (Wildman–Crippen MR) is 89.2 cm³/mol. The summed E-state index contributed by atoms with van der Waals surface area (Å²) in [6, 6.07) is 4.03. The highest BCUT2D eigenvalue weighted by molar-refractivity contribution is 6.30. The maximum Gasteiger partial charge on any atom is 0.410 e. The van der Waals surface area contributed by atoms with E-state index in [1.165, 1.54) is 11.0 Å². The lowest BCUT2D eigenvalue weighted by atomic mass is 10.1. The number of rotatable bonds is 3. The molecule has 0 saturated carbocycles. The number of hydrogen-bond donors (Lipinski definition) is 1. The van der Waals surface area contributed by atoms with Gasteiger partial charge in [-0.05, 0) is 39.7 Å². The van der Waals surface area contributed by atoms with Crippen LogP contribution in [0.2, 0.25) is 5.02 Å². The lowest BCUT2D eigenvalue weighted by molar-refractivity contribution is -0.125. The van der Waals surface area contributed by atoms with E-state index in [2.05, 4.69) is 5.32 Å². The molecular formula is C17H22ClFN2O3. The van der Waals surface area contributed by atoms with Crippen molar-refractivity contribution in [1.29, 1.82) is 0 Å². The third-order valence-electron chi connectivity index (χ3n) is 3.67. The fourth-order valence-corrected chi connectivity index (χ4v) is 2.76. The van der Waals surface area contributed by atoms with Gasteiger partial charge >= 0.3 is 6.09 Å². The number of halogens is 2. The quantitative estimate of drug-likeness (QED) is 0.901. The number of carbonyl (C=O) groups excluding carboxylic acids is 2. The number of carbonyl (C=O) groups is 2. The summed E-state index contributed by atoms with van der Waals surface area (Å²) >= 11 is 5.73. The van der Waals surface area contributed by atoms with E-state index in [4.69, 9.17) is 16.3 Å². The molecular weight excluding hydrogens is 335 g/mol. The fourth-order valence-electron chi connectivity index (χ4n) is 2.56. The van der Waals surface area contributed by atoms with Crippen LogP contribution in [0.1, 0.15) is 39.2 Å². The molecule has 0 radical (unpaired) electrons. The molecule has 1 aromatic carbocycles. The van der Waals surface area contributed by atoms with E-state index in [1.54, 1.807) is 32.9 Å². The molecule has 2 rings (SSSR count). The van der Waals surface area contributed by atoms with Gasteiger partial charge < -0.3 is 10.1 Å². The Hall–Kier alpha value is -1.82. The second-order valence-corrected chi connectivity index (χ2v) is 7.17. The Bertz CT molecular complexity index is 631. The van der Waals surface area contributed by atoms with Gasteiger partial charge in [0.15, 0.2) is 0 Å². The van der Waals surface area contributed by atoms with Crippen LogP contribution in [0.3, 0.4) is 0 Å². The first-order chi connectivity index (χ1) is 11.2. The third-order valence-corrected chi connectivity index (χ3v) is 3.96. The molecule has 1 fully saturated rings. The van der Waals surface area contributed by atoms with Gasteiger partial charge in [0.2, 0.25) is 5.91 Å². The zero-order chi connectivity index (χ0) is 17.9. The van der Waals surface area contributed by atoms with Crippen molar-refractivity contribution in [2.75, 3.05) is 6.54 Å². The second kappa shape index (κ2) is 7.38. The standard InChI is InChI=1S/C17H22ClFN2O3/c1-17(2,3)24-16(23)21-9-5-8-13(21)15(22)20-10-11-6-4-7-12(18)14(11)19/h4,6-7,13H,5,8-10H2,1-3H3,(H,20,22)/t13-/m0/s1. The zero-order valence-electron chi connectivity index (χ0n) is 14.1. The van der Waals surface area contributed by atoms with E-state index in [1.807, 2.05) is 0 Å². The summed E-state index contributed by atoms with van der Waals surface area (Å²) in [6.07, 6.45) is 0.778. The Kier molecular flexibility index (Phi) is 5.70. The van der Waals surface area contributed by atoms with Crippen molar-refractivity contribution in [3.05, 3.63) is 34.6 Å². The van der Waals surface area contributed by atoms with E-state index in [0.29, 0.717) is 18.5 Å². The molecule has 2 amide bonds. The lowest BCUT2D eigenvalue weighted by Gasteiger charge is -2.28. The molecule has 0 aromatic heterocycles. The number of likely N-dealkylation sites (tertiary alicyclic amines) is 1.